The molecule has 84 valence electrons. The summed E-state index contributed by atoms with van der Waals surface area (Å²) >= 11 is 3.40. The van der Waals surface area contributed by atoms with Crippen LogP contribution in [0.3, 0.4) is 0 Å². The van der Waals surface area contributed by atoms with E-state index in [2.05, 4.69) is 15.9 Å². The average Bonchev–Trinajstić information content (AvgIpc) is 2.74. The molecule has 0 bridgehead atoms. The molecule has 1 aromatic heterocycles. The zero-order valence-electron chi connectivity index (χ0n) is 8.81. The van der Waals surface area contributed by atoms with Gasteiger partial charge in [-0.15, -0.1) is 0 Å². The van der Waals surface area contributed by atoms with Gasteiger partial charge in [0.05, 0.1) is 23.9 Å². The Morgan fingerprint density at radius 3 is 2.69 bits per heavy atom. The van der Waals surface area contributed by atoms with Crippen LogP contribution >= 0.6 is 15.9 Å². The van der Waals surface area contributed by atoms with E-state index in [4.69, 9.17) is 14.9 Å². The Balaban J connectivity index is 2.41. The zero-order chi connectivity index (χ0) is 11.5. The number of benzene rings is 1. The van der Waals surface area contributed by atoms with Crippen molar-refractivity contribution in [3.63, 3.8) is 0 Å². The van der Waals surface area contributed by atoms with Gasteiger partial charge in [0.2, 0.25) is 0 Å². The maximum Gasteiger partial charge on any atom is 0.139 e. The van der Waals surface area contributed by atoms with Crippen molar-refractivity contribution in [2.24, 2.45) is 5.73 Å². The smallest absolute Gasteiger partial charge is 0.139 e. The molecule has 1 unspecified atom stereocenters. The molecule has 2 rings (SSSR count). The zero-order valence-corrected chi connectivity index (χ0v) is 10.4. The van der Waals surface area contributed by atoms with Crippen LogP contribution in [0.5, 0.6) is 5.75 Å². The van der Waals surface area contributed by atoms with Crippen molar-refractivity contribution < 1.29 is 9.15 Å². The summed E-state index contributed by atoms with van der Waals surface area (Å²) in [6.45, 7) is 0. The Hall–Kier alpha value is -1.26. The van der Waals surface area contributed by atoms with Crippen LogP contribution in [0.4, 0.5) is 0 Å². The Labute approximate surface area is 102 Å². The van der Waals surface area contributed by atoms with Crippen LogP contribution in [0.2, 0.25) is 0 Å². The Bertz CT molecular complexity index is 481. The van der Waals surface area contributed by atoms with Crippen LogP contribution < -0.4 is 10.5 Å². The van der Waals surface area contributed by atoms with E-state index in [0.29, 0.717) is 5.76 Å². The van der Waals surface area contributed by atoms with Gasteiger partial charge in [-0.25, -0.2) is 0 Å². The molecule has 4 heteroatoms. The fourth-order valence-electron chi connectivity index (χ4n) is 1.59. The topological polar surface area (TPSA) is 48.4 Å². The van der Waals surface area contributed by atoms with Crippen LogP contribution in [-0.2, 0) is 0 Å². The lowest BCUT2D eigenvalue weighted by Gasteiger charge is -2.13. The molecular formula is C12H12BrNO2. The van der Waals surface area contributed by atoms with Gasteiger partial charge in [0, 0.05) is 5.56 Å². The number of methoxy groups -OCH3 is 1. The Morgan fingerprint density at radius 1 is 1.31 bits per heavy atom. The number of hydrogen-bond acceptors (Lipinski definition) is 3. The molecule has 0 aliphatic rings. The number of rotatable bonds is 3. The first kappa shape index (κ1) is 11.2. The number of furan rings is 1. The number of hydrogen-bond donors (Lipinski definition) is 1. The summed E-state index contributed by atoms with van der Waals surface area (Å²) in [5.74, 6) is 1.46. The van der Waals surface area contributed by atoms with Crippen molar-refractivity contribution >= 4 is 15.9 Å². The second-order valence-corrected chi connectivity index (χ2v) is 4.21. The van der Waals surface area contributed by atoms with E-state index in [1.165, 1.54) is 0 Å². The highest BCUT2D eigenvalue weighted by molar-refractivity contribution is 9.10. The minimum absolute atomic E-state index is 0.333. The second-order valence-electron chi connectivity index (χ2n) is 3.35. The molecule has 1 heterocycles. The summed E-state index contributed by atoms with van der Waals surface area (Å²) in [4.78, 5) is 0. The lowest BCUT2D eigenvalue weighted by molar-refractivity contribution is 0.403. The van der Waals surface area contributed by atoms with Crippen molar-refractivity contribution in [1.82, 2.24) is 0 Å². The van der Waals surface area contributed by atoms with Crippen LogP contribution in [0.1, 0.15) is 17.4 Å². The third kappa shape index (κ3) is 1.99. The van der Waals surface area contributed by atoms with Gasteiger partial charge in [-0.05, 0) is 28.1 Å². The number of halogens is 1. The van der Waals surface area contributed by atoms with E-state index < -0.39 is 0 Å². The summed E-state index contributed by atoms with van der Waals surface area (Å²) in [5.41, 5.74) is 7.04. The van der Waals surface area contributed by atoms with Crippen molar-refractivity contribution in [3.8, 4) is 5.75 Å². The Kier molecular flexibility index (Phi) is 3.31. The lowest BCUT2D eigenvalue weighted by atomic mass is 10.0. The largest absolute Gasteiger partial charge is 0.496 e. The lowest BCUT2D eigenvalue weighted by Crippen LogP contribution is -2.12. The molecule has 0 aliphatic heterocycles. The molecule has 3 nitrogen and oxygen atoms in total. The SMILES string of the molecule is COc1ccccc1C(N)c1occc1Br. The van der Waals surface area contributed by atoms with Gasteiger partial charge < -0.3 is 14.9 Å². The predicted octanol–water partition coefficient (Wildman–Crippen LogP) is 3.10. The van der Waals surface area contributed by atoms with E-state index in [0.717, 1.165) is 15.8 Å². The molecule has 0 aliphatic carbocycles. The number of ether oxygens (including phenoxy) is 1. The van der Waals surface area contributed by atoms with E-state index in [-0.39, 0.29) is 6.04 Å². The molecule has 0 amide bonds. The minimum Gasteiger partial charge on any atom is -0.496 e. The summed E-state index contributed by atoms with van der Waals surface area (Å²) in [6, 6.07) is 9.14. The highest BCUT2D eigenvalue weighted by Crippen LogP contribution is 2.32. The quantitative estimate of drug-likeness (QED) is 0.941. The van der Waals surface area contributed by atoms with Gasteiger partial charge in [0.15, 0.2) is 0 Å². The maximum atomic E-state index is 6.13. The molecular weight excluding hydrogens is 270 g/mol. The molecule has 2 aromatic rings. The van der Waals surface area contributed by atoms with Gasteiger partial charge >= 0.3 is 0 Å². The highest BCUT2D eigenvalue weighted by atomic mass is 79.9. The normalized spacial score (nSPS) is 12.4. The van der Waals surface area contributed by atoms with Crippen molar-refractivity contribution in [2.75, 3.05) is 7.11 Å². The third-order valence-electron chi connectivity index (χ3n) is 2.40. The van der Waals surface area contributed by atoms with Crippen LogP contribution in [0.15, 0.2) is 45.5 Å². The van der Waals surface area contributed by atoms with Crippen molar-refractivity contribution in [1.29, 1.82) is 0 Å². The minimum atomic E-state index is -0.333. The first-order chi connectivity index (χ1) is 7.74. The summed E-state index contributed by atoms with van der Waals surface area (Å²) in [7, 11) is 1.63. The summed E-state index contributed by atoms with van der Waals surface area (Å²) in [5, 5.41) is 0. The van der Waals surface area contributed by atoms with Crippen molar-refractivity contribution in [2.45, 2.75) is 6.04 Å². The highest BCUT2D eigenvalue weighted by Gasteiger charge is 2.18. The fourth-order valence-corrected chi connectivity index (χ4v) is 2.04. The maximum absolute atomic E-state index is 6.13. The molecule has 16 heavy (non-hydrogen) atoms. The molecule has 1 aromatic carbocycles. The third-order valence-corrected chi connectivity index (χ3v) is 3.06. The molecule has 0 saturated carbocycles. The van der Waals surface area contributed by atoms with Crippen LogP contribution in [0, 0.1) is 0 Å². The van der Waals surface area contributed by atoms with Crippen LogP contribution in [-0.4, -0.2) is 7.11 Å². The summed E-state index contributed by atoms with van der Waals surface area (Å²) < 4.78 is 11.5. The van der Waals surface area contributed by atoms with Crippen LogP contribution in [0.25, 0.3) is 0 Å². The van der Waals surface area contributed by atoms with Gasteiger partial charge in [-0.2, -0.15) is 0 Å². The monoisotopic (exact) mass is 281 g/mol. The molecule has 1 atom stereocenters. The van der Waals surface area contributed by atoms with E-state index in [1.807, 2.05) is 30.3 Å². The molecule has 0 saturated heterocycles. The molecule has 0 radical (unpaired) electrons. The van der Waals surface area contributed by atoms with Crippen molar-refractivity contribution in [3.05, 3.63) is 52.4 Å². The Morgan fingerprint density at radius 2 is 2.06 bits per heavy atom. The van der Waals surface area contributed by atoms with E-state index in [1.54, 1.807) is 13.4 Å². The number of nitrogens with two attached hydrogens (primary N) is 1. The van der Waals surface area contributed by atoms with Gasteiger partial charge in [-0.1, -0.05) is 18.2 Å². The molecule has 0 fully saturated rings. The predicted molar refractivity (Wildman–Crippen MR) is 65.4 cm³/mol. The molecule has 0 spiro atoms. The summed E-state index contributed by atoms with van der Waals surface area (Å²) in [6.07, 6.45) is 1.61. The van der Waals surface area contributed by atoms with Gasteiger partial charge in [0.1, 0.15) is 11.5 Å². The first-order valence-electron chi connectivity index (χ1n) is 4.85. The van der Waals surface area contributed by atoms with Gasteiger partial charge in [-0.3, -0.25) is 0 Å². The van der Waals surface area contributed by atoms with E-state index >= 15 is 0 Å². The van der Waals surface area contributed by atoms with E-state index in [9.17, 15) is 0 Å². The second kappa shape index (κ2) is 4.72. The van der Waals surface area contributed by atoms with Gasteiger partial charge in [0.25, 0.3) is 0 Å². The first-order valence-corrected chi connectivity index (χ1v) is 5.64. The average molecular weight is 282 g/mol. The standard InChI is InChI=1S/C12H12BrNO2/c1-15-10-5-3-2-4-8(10)11(14)12-9(13)6-7-16-12/h2-7,11H,14H2,1H3. The molecule has 2 N–H and O–H groups in total. The fraction of sp³-hybridized carbons (Fsp3) is 0.167. The number of para-hydroxylation sites is 1.